The molecule has 2 heterocycles. The van der Waals surface area contributed by atoms with Crippen LogP contribution >= 0.6 is 0 Å². The Morgan fingerprint density at radius 2 is 1.52 bits per heavy atom. The molecule has 2 aliphatic rings. The smallest absolute Gasteiger partial charge is 0.279 e. The van der Waals surface area contributed by atoms with Crippen molar-refractivity contribution in [2.75, 3.05) is 19.7 Å². The van der Waals surface area contributed by atoms with Crippen LogP contribution < -0.4 is 19.7 Å². The van der Waals surface area contributed by atoms with Crippen LogP contribution in [0.2, 0.25) is 0 Å². The Balaban J connectivity index is 1.39. The zero-order valence-corrected chi connectivity index (χ0v) is 18.0. The summed E-state index contributed by atoms with van der Waals surface area (Å²) in [6.07, 6.45) is 0.568. The number of benzene rings is 2. The highest BCUT2D eigenvalue weighted by molar-refractivity contribution is 7.89. The van der Waals surface area contributed by atoms with Crippen LogP contribution in [0.1, 0.15) is 12.8 Å². The summed E-state index contributed by atoms with van der Waals surface area (Å²) in [5, 5.41) is 0. The second-order valence-electron chi connectivity index (χ2n) is 7.04. The number of nitrogens with zero attached hydrogens (tertiary/aromatic N) is 1. The van der Waals surface area contributed by atoms with Crippen LogP contribution in [0, 0.1) is 0 Å². The molecule has 2 aromatic rings. The molecule has 2 aromatic carbocycles. The summed E-state index contributed by atoms with van der Waals surface area (Å²) in [5.41, 5.74) is 2.10. The molecule has 0 aromatic heterocycles. The molecule has 0 bridgehead atoms. The van der Waals surface area contributed by atoms with Gasteiger partial charge in [-0.15, -0.1) is 4.83 Å². The van der Waals surface area contributed by atoms with E-state index < -0.39 is 32.1 Å². The van der Waals surface area contributed by atoms with E-state index in [0.717, 1.165) is 12.8 Å². The number of amides is 1. The molecule has 2 aliphatic heterocycles. The van der Waals surface area contributed by atoms with Gasteiger partial charge in [-0.1, -0.05) is 12.1 Å². The van der Waals surface area contributed by atoms with Gasteiger partial charge in [-0.05, 0) is 49.2 Å². The monoisotopic (exact) mass is 467 g/mol. The number of hydrogen-bond acceptors (Lipinski definition) is 7. The number of sulfonamides is 2. The van der Waals surface area contributed by atoms with Gasteiger partial charge in [0.05, 0.1) is 9.79 Å². The largest absolute Gasteiger partial charge is 0.485 e. The van der Waals surface area contributed by atoms with E-state index in [1.165, 1.54) is 28.6 Å². The number of nitrogens with one attached hydrogen (secondary N) is 2. The Morgan fingerprint density at radius 1 is 0.903 bits per heavy atom. The fourth-order valence-corrected chi connectivity index (χ4v) is 5.64. The minimum Gasteiger partial charge on any atom is -0.485 e. The van der Waals surface area contributed by atoms with Gasteiger partial charge in [0.2, 0.25) is 16.1 Å². The van der Waals surface area contributed by atoms with Gasteiger partial charge < -0.3 is 9.47 Å². The minimum atomic E-state index is -4.12. The Labute approximate surface area is 180 Å². The van der Waals surface area contributed by atoms with Crippen LogP contribution in [0.25, 0.3) is 0 Å². The fourth-order valence-electron chi connectivity index (χ4n) is 3.27. The van der Waals surface area contributed by atoms with Crippen LogP contribution in [-0.4, -0.2) is 52.8 Å². The van der Waals surface area contributed by atoms with E-state index in [1.807, 2.05) is 4.83 Å². The van der Waals surface area contributed by atoms with Crippen molar-refractivity contribution in [1.29, 1.82) is 0 Å². The topological polar surface area (TPSA) is 131 Å². The molecular formula is C19H21N3O7S2. The molecule has 0 saturated carbocycles. The lowest BCUT2D eigenvalue weighted by Crippen LogP contribution is -2.50. The number of carbonyl (C=O) groups is 1. The Bertz CT molecular complexity index is 1180. The molecule has 2 N–H and O–H groups in total. The number of rotatable bonds is 6. The number of fused-ring (bicyclic) bond motifs is 1. The molecule has 0 radical (unpaired) electrons. The average Bonchev–Trinajstić information content (AvgIpc) is 3.33. The molecule has 1 fully saturated rings. The highest BCUT2D eigenvalue weighted by Gasteiger charge is 2.29. The second-order valence-corrected chi connectivity index (χ2v) is 10.7. The zero-order valence-electron chi connectivity index (χ0n) is 16.4. The van der Waals surface area contributed by atoms with Crippen molar-refractivity contribution in [3.8, 4) is 11.5 Å². The summed E-state index contributed by atoms with van der Waals surface area (Å²) >= 11 is 0. The third-order valence-electron chi connectivity index (χ3n) is 4.95. The first-order valence-electron chi connectivity index (χ1n) is 9.58. The fraction of sp³-hybridized carbons (Fsp3) is 0.316. The van der Waals surface area contributed by atoms with Crippen molar-refractivity contribution in [3.05, 3.63) is 48.5 Å². The van der Waals surface area contributed by atoms with E-state index in [2.05, 4.69) is 5.43 Å². The lowest BCUT2D eigenvalue weighted by molar-refractivity contribution is -0.130. The Hall–Kier alpha value is -2.67. The SMILES string of the molecule is O=C(NNS(=O)(=O)c1ccc(S(=O)(=O)N2CCCC2)cc1)C1COc2ccccc2O1. The lowest BCUT2D eigenvalue weighted by Gasteiger charge is -2.25. The first-order valence-corrected chi connectivity index (χ1v) is 12.5. The van der Waals surface area contributed by atoms with E-state index >= 15 is 0 Å². The molecule has 4 rings (SSSR count). The molecule has 31 heavy (non-hydrogen) atoms. The van der Waals surface area contributed by atoms with Crippen molar-refractivity contribution >= 4 is 26.0 Å². The lowest BCUT2D eigenvalue weighted by atomic mass is 10.2. The van der Waals surface area contributed by atoms with Crippen molar-refractivity contribution in [2.45, 2.75) is 28.7 Å². The van der Waals surface area contributed by atoms with Gasteiger partial charge in [-0.2, -0.15) is 4.31 Å². The van der Waals surface area contributed by atoms with E-state index in [9.17, 15) is 21.6 Å². The molecule has 1 saturated heterocycles. The Kier molecular flexibility index (Phi) is 5.88. The van der Waals surface area contributed by atoms with Gasteiger partial charge in [-0.25, -0.2) is 16.8 Å². The molecule has 166 valence electrons. The highest BCUT2D eigenvalue weighted by Crippen LogP contribution is 2.30. The van der Waals surface area contributed by atoms with Crippen molar-refractivity contribution in [2.24, 2.45) is 0 Å². The number of ether oxygens (including phenoxy) is 2. The van der Waals surface area contributed by atoms with E-state index in [-0.39, 0.29) is 16.4 Å². The van der Waals surface area contributed by atoms with E-state index in [0.29, 0.717) is 24.6 Å². The van der Waals surface area contributed by atoms with Crippen molar-refractivity contribution in [1.82, 2.24) is 14.6 Å². The zero-order chi connectivity index (χ0) is 22.1. The average molecular weight is 468 g/mol. The summed E-state index contributed by atoms with van der Waals surface area (Å²) in [7, 11) is -7.77. The maximum atomic E-state index is 12.6. The summed E-state index contributed by atoms with van der Waals surface area (Å²) in [5.74, 6) is 0.147. The maximum absolute atomic E-state index is 12.6. The van der Waals surface area contributed by atoms with Crippen LogP contribution in [0.3, 0.4) is 0 Å². The van der Waals surface area contributed by atoms with Gasteiger partial charge in [0.25, 0.3) is 15.9 Å². The molecule has 1 atom stereocenters. The highest BCUT2D eigenvalue weighted by atomic mass is 32.2. The van der Waals surface area contributed by atoms with Crippen molar-refractivity contribution in [3.63, 3.8) is 0 Å². The predicted octanol–water partition coefficient (Wildman–Crippen LogP) is 0.621. The van der Waals surface area contributed by atoms with Gasteiger partial charge >= 0.3 is 0 Å². The van der Waals surface area contributed by atoms with Crippen LogP contribution in [0.5, 0.6) is 11.5 Å². The van der Waals surface area contributed by atoms with Gasteiger partial charge in [-0.3, -0.25) is 10.2 Å². The van der Waals surface area contributed by atoms with Gasteiger partial charge in [0.1, 0.15) is 6.61 Å². The molecule has 0 aliphatic carbocycles. The summed E-state index contributed by atoms with van der Waals surface area (Å²) in [6, 6.07) is 11.6. The Morgan fingerprint density at radius 3 is 2.19 bits per heavy atom. The third kappa shape index (κ3) is 4.51. The van der Waals surface area contributed by atoms with Crippen LogP contribution in [0.4, 0.5) is 0 Å². The number of hydrazine groups is 1. The minimum absolute atomic E-state index is 0.0174. The number of para-hydroxylation sites is 2. The molecule has 1 amide bonds. The van der Waals surface area contributed by atoms with Crippen LogP contribution in [0.15, 0.2) is 58.3 Å². The first kappa shape index (κ1) is 21.6. The number of hydrogen-bond donors (Lipinski definition) is 2. The van der Waals surface area contributed by atoms with Gasteiger partial charge in [0.15, 0.2) is 11.5 Å². The maximum Gasteiger partial charge on any atom is 0.279 e. The molecule has 10 nitrogen and oxygen atoms in total. The standard InChI is InChI=1S/C19H21N3O7S2/c23-19(18-13-28-16-5-1-2-6-17(16)29-18)20-21-30(24,25)14-7-9-15(10-8-14)31(26,27)22-11-3-4-12-22/h1-2,5-10,18,21H,3-4,11-13H2,(H,20,23). The first-order chi connectivity index (χ1) is 14.8. The molecule has 12 heteroatoms. The van der Waals surface area contributed by atoms with E-state index in [1.54, 1.807) is 24.3 Å². The normalized spacial score (nSPS) is 19.2. The number of carbonyl (C=O) groups excluding carboxylic acids is 1. The quantitative estimate of drug-likeness (QED) is 0.596. The molecule has 1 unspecified atom stereocenters. The van der Waals surface area contributed by atoms with Crippen LogP contribution in [-0.2, 0) is 24.8 Å². The third-order valence-corrected chi connectivity index (χ3v) is 8.12. The second kappa shape index (κ2) is 8.46. The van der Waals surface area contributed by atoms with Gasteiger partial charge in [0, 0.05) is 13.1 Å². The van der Waals surface area contributed by atoms with Crippen molar-refractivity contribution < 1.29 is 31.1 Å². The summed E-state index contributed by atoms with van der Waals surface area (Å²) < 4.78 is 62.4. The summed E-state index contributed by atoms with van der Waals surface area (Å²) in [6.45, 7) is 0.828. The van der Waals surface area contributed by atoms with E-state index in [4.69, 9.17) is 9.47 Å². The molecular weight excluding hydrogens is 446 g/mol. The summed E-state index contributed by atoms with van der Waals surface area (Å²) in [4.78, 5) is 14.1. The molecule has 0 spiro atoms. The predicted molar refractivity (Wildman–Crippen MR) is 109 cm³/mol.